The van der Waals surface area contributed by atoms with Crippen LogP contribution in [-0.2, 0) is 25.0 Å². The highest BCUT2D eigenvalue weighted by Crippen LogP contribution is 2.22. The van der Waals surface area contributed by atoms with Crippen LogP contribution in [0.3, 0.4) is 0 Å². The number of aromatic nitrogens is 1. The molecule has 1 amide bonds. The number of oxazole rings is 1. The van der Waals surface area contributed by atoms with Crippen molar-refractivity contribution in [2.75, 3.05) is 26.2 Å². The molecule has 6 heteroatoms. The summed E-state index contributed by atoms with van der Waals surface area (Å²) < 4.78 is 5.57. The van der Waals surface area contributed by atoms with Crippen LogP contribution in [-0.4, -0.2) is 46.9 Å². The summed E-state index contributed by atoms with van der Waals surface area (Å²) in [6.45, 7) is 12.7. The third-order valence-corrected chi connectivity index (χ3v) is 6.13. The van der Waals surface area contributed by atoms with E-state index >= 15 is 0 Å². The van der Waals surface area contributed by atoms with E-state index in [1.807, 2.05) is 30.3 Å². The van der Waals surface area contributed by atoms with Gasteiger partial charge in [-0.15, -0.1) is 0 Å². The largest absolute Gasteiger partial charge is 0.447 e. The lowest BCUT2D eigenvalue weighted by Crippen LogP contribution is -2.45. The molecule has 3 aromatic rings. The molecule has 2 aromatic carbocycles. The molecule has 6 nitrogen and oxygen atoms in total. The van der Waals surface area contributed by atoms with Gasteiger partial charge in [-0.2, -0.15) is 0 Å². The van der Waals surface area contributed by atoms with E-state index < -0.39 is 0 Å². The van der Waals surface area contributed by atoms with Gasteiger partial charge in [0.1, 0.15) is 6.26 Å². The second-order valence-corrected chi connectivity index (χ2v) is 9.79. The highest BCUT2D eigenvalue weighted by Gasteiger charge is 2.20. The summed E-state index contributed by atoms with van der Waals surface area (Å²) in [6.07, 6.45) is 1.45. The molecule has 1 fully saturated rings. The van der Waals surface area contributed by atoms with Crippen molar-refractivity contribution in [3.8, 4) is 0 Å². The van der Waals surface area contributed by atoms with Crippen molar-refractivity contribution in [3.63, 3.8) is 0 Å². The van der Waals surface area contributed by atoms with Crippen molar-refractivity contribution in [3.05, 3.63) is 89.1 Å². The summed E-state index contributed by atoms with van der Waals surface area (Å²) in [5.74, 6) is 0.377. The van der Waals surface area contributed by atoms with Gasteiger partial charge in [-0.25, -0.2) is 4.98 Å². The minimum atomic E-state index is -0.212. The number of piperazine rings is 1. The molecule has 4 rings (SSSR count). The summed E-state index contributed by atoms with van der Waals surface area (Å²) >= 11 is 0. The van der Waals surface area contributed by atoms with Crippen molar-refractivity contribution < 1.29 is 9.21 Å². The molecular weight excluding hydrogens is 412 g/mol. The number of benzene rings is 2. The van der Waals surface area contributed by atoms with E-state index in [2.05, 4.69) is 65.1 Å². The smallest absolute Gasteiger partial charge is 0.273 e. The first-order valence-electron chi connectivity index (χ1n) is 11.7. The molecule has 0 aliphatic carbocycles. The maximum Gasteiger partial charge on any atom is 0.273 e. The van der Waals surface area contributed by atoms with Crippen LogP contribution in [0.25, 0.3) is 0 Å². The minimum Gasteiger partial charge on any atom is -0.447 e. The van der Waals surface area contributed by atoms with Crippen molar-refractivity contribution in [1.82, 2.24) is 20.1 Å². The minimum absolute atomic E-state index is 0.187. The molecule has 174 valence electrons. The predicted molar refractivity (Wildman–Crippen MR) is 130 cm³/mol. The normalized spacial score (nSPS) is 15.5. The third-order valence-electron chi connectivity index (χ3n) is 6.13. The molecule has 0 spiro atoms. The van der Waals surface area contributed by atoms with Crippen LogP contribution in [0, 0.1) is 0 Å². The van der Waals surface area contributed by atoms with Crippen LogP contribution >= 0.6 is 0 Å². The van der Waals surface area contributed by atoms with Gasteiger partial charge in [0.25, 0.3) is 5.91 Å². The fraction of sp³-hybridized carbons (Fsp3) is 0.407. The summed E-state index contributed by atoms with van der Waals surface area (Å²) in [5.41, 5.74) is 4.30. The Morgan fingerprint density at radius 1 is 0.909 bits per heavy atom. The number of hydrogen-bond acceptors (Lipinski definition) is 5. The zero-order chi connectivity index (χ0) is 23.3. The number of amides is 1. The quantitative estimate of drug-likeness (QED) is 0.589. The lowest BCUT2D eigenvalue weighted by atomic mass is 9.87. The molecule has 0 atom stereocenters. The van der Waals surface area contributed by atoms with Gasteiger partial charge >= 0.3 is 0 Å². The van der Waals surface area contributed by atoms with Gasteiger partial charge in [0.05, 0.1) is 6.54 Å². The van der Waals surface area contributed by atoms with E-state index in [1.54, 1.807) is 0 Å². The molecule has 2 heterocycles. The first kappa shape index (κ1) is 23.2. The van der Waals surface area contributed by atoms with E-state index in [0.717, 1.165) is 38.3 Å². The topological polar surface area (TPSA) is 61.6 Å². The summed E-state index contributed by atoms with van der Waals surface area (Å²) in [6, 6.07) is 18.8. The van der Waals surface area contributed by atoms with Crippen molar-refractivity contribution in [2.45, 2.75) is 45.8 Å². The molecular formula is C27H34N4O2. The van der Waals surface area contributed by atoms with Crippen LogP contribution in [0.5, 0.6) is 0 Å². The number of nitrogens with zero attached hydrogens (tertiary/aromatic N) is 3. The van der Waals surface area contributed by atoms with E-state index in [9.17, 15) is 4.79 Å². The van der Waals surface area contributed by atoms with Gasteiger partial charge in [0.15, 0.2) is 5.69 Å². The number of hydrogen-bond donors (Lipinski definition) is 1. The zero-order valence-electron chi connectivity index (χ0n) is 19.9. The van der Waals surface area contributed by atoms with E-state index in [0.29, 0.717) is 24.7 Å². The standard InChI is InChI=1S/C27H34N4O2/c1-27(2,3)23-11-9-22(10-12-23)18-30-13-15-31(16-14-30)19-25-29-24(20-33-25)26(32)28-17-21-7-5-4-6-8-21/h4-12,20H,13-19H2,1-3H3,(H,28,32). The maximum atomic E-state index is 12.4. The molecule has 0 saturated carbocycles. The second-order valence-electron chi connectivity index (χ2n) is 9.79. The Kier molecular flexibility index (Phi) is 7.26. The number of carbonyl (C=O) groups excluding carboxylic acids is 1. The van der Waals surface area contributed by atoms with Gasteiger partial charge in [-0.3, -0.25) is 14.6 Å². The molecule has 0 bridgehead atoms. The Labute approximate surface area is 196 Å². The van der Waals surface area contributed by atoms with E-state index in [-0.39, 0.29) is 11.3 Å². The Balaban J connectivity index is 1.21. The van der Waals surface area contributed by atoms with Gasteiger partial charge in [0.2, 0.25) is 5.89 Å². The number of rotatable bonds is 7. The zero-order valence-corrected chi connectivity index (χ0v) is 19.9. The van der Waals surface area contributed by atoms with Gasteiger partial charge < -0.3 is 9.73 Å². The third kappa shape index (κ3) is 6.53. The van der Waals surface area contributed by atoms with Gasteiger partial charge in [0, 0.05) is 39.3 Å². The van der Waals surface area contributed by atoms with Crippen LogP contribution in [0.2, 0.25) is 0 Å². The average Bonchev–Trinajstić information content (AvgIpc) is 3.28. The van der Waals surface area contributed by atoms with Crippen LogP contribution < -0.4 is 5.32 Å². The molecule has 1 aliphatic heterocycles. The highest BCUT2D eigenvalue weighted by atomic mass is 16.3. The Morgan fingerprint density at radius 2 is 1.55 bits per heavy atom. The first-order valence-corrected chi connectivity index (χ1v) is 11.7. The molecule has 1 aliphatic rings. The van der Waals surface area contributed by atoms with Gasteiger partial charge in [-0.05, 0) is 22.1 Å². The molecule has 1 N–H and O–H groups in total. The molecule has 0 radical (unpaired) electrons. The van der Waals surface area contributed by atoms with Gasteiger partial charge in [-0.1, -0.05) is 75.4 Å². The summed E-state index contributed by atoms with van der Waals surface area (Å²) in [4.78, 5) is 21.6. The molecule has 1 saturated heterocycles. The van der Waals surface area contributed by atoms with Crippen molar-refractivity contribution >= 4 is 5.91 Å². The van der Waals surface area contributed by atoms with Crippen molar-refractivity contribution in [1.29, 1.82) is 0 Å². The summed E-state index contributed by atoms with van der Waals surface area (Å²) in [5, 5.41) is 2.89. The maximum absolute atomic E-state index is 12.4. The molecule has 0 unspecified atom stereocenters. The fourth-order valence-electron chi connectivity index (χ4n) is 4.02. The molecule has 33 heavy (non-hydrogen) atoms. The lowest BCUT2D eigenvalue weighted by Gasteiger charge is -2.34. The van der Waals surface area contributed by atoms with E-state index in [4.69, 9.17) is 4.42 Å². The first-order chi connectivity index (χ1) is 15.9. The number of carbonyl (C=O) groups is 1. The second kappa shape index (κ2) is 10.3. The average molecular weight is 447 g/mol. The summed E-state index contributed by atoms with van der Waals surface area (Å²) in [7, 11) is 0. The number of nitrogens with one attached hydrogen (secondary N) is 1. The predicted octanol–water partition coefficient (Wildman–Crippen LogP) is 4.22. The Hall–Kier alpha value is -2.96. The SMILES string of the molecule is CC(C)(C)c1ccc(CN2CCN(Cc3nc(C(=O)NCc4ccccc4)co3)CC2)cc1. The molecule has 1 aromatic heterocycles. The monoisotopic (exact) mass is 446 g/mol. The van der Waals surface area contributed by atoms with Crippen LogP contribution in [0.15, 0.2) is 65.3 Å². The van der Waals surface area contributed by atoms with E-state index in [1.165, 1.54) is 17.4 Å². The van der Waals surface area contributed by atoms with Crippen LogP contribution in [0.4, 0.5) is 0 Å². The van der Waals surface area contributed by atoms with Crippen molar-refractivity contribution in [2.24, 2.45) is 0 Å². The van der Waals surface area contributed by atoms with Crippen LogP contribution in [0.1, 0.15) is 53.8 Å². The Morgan fingerprint density at radius 3 is 2.18 bits per heavy atom. The lowest BCUT2D eigenvalue weighted by molar-refractivity contribution is 0.0945. The fourth-order valence-corrected chi connectivity index (χ4v) is 4.02. The highest BCUT2D eigenvalue weighted by molar-refractivity contribution is 5.91. The Bertz CT molecular complexity index is 1030.